The number of amides is 1. The van der Waals surface area contributed by atoms with Crippen molar-refractivity contribution in [2.24, 2.45) is 0 Å². The largest absolute Gasteiger partial charge is 0.494 e. The number of nitrogens with one attached hydrogen (secondary N) is 1. The lowest BCUT2D eigenvalue weighted by atomic mass is 10.1. The van der Waals surface area contributed by atoms with Gasteiger partial charge in [0.2, 0.25) is 0 Å². The Morgan fingerprint density at radius 1 is 1.20 bits per heavy atom. The molecule has 0 atom stereocenters. The second-order valence-corrected chi connectivity index (χ2v) is 5.01. The molecule has 6 nitrogen and oxygen atoms in total. The van der Waals surface area contributed by atoms with E-state index in [9.17, 15) is 14.0 Å². The molecule has 0 bridgehead atoms. The summed E-state index contributed by atoms with van der Waals surface area (Å²) < 4.78 is 23.2. The molecule has 2 aromatic carbocycles. The Labute approximate surface area is 143 Å². The Hall–Kier alpha value is -3.40. The van der Waals surface area contributed by atoms with Crippen LogP contribution in [0.5, 0.6) is 5.75 Å². The van der Waals surface area contributed by atoms with Crippen molar-refractivity contribution in [2.45, 2.75) is 6.42 Å². The fourth-order valence-corrected chi connectivity index (χ4v) is 2.00. The number of anilines is 1. The standard InChI is InChI=1S/C18H15FN2O4/c1-24-16-7-4-13(10-15(16)19)18(23)25-11-17(22)21-14-5-2-12(3-6-14)8-9-20/h2-7,10H,8,11H2,1H3,(H,21,22). The van der Waals surface area contributed by atoms with Gasteiger partial charge in [-0.2, -0.15) is 5.26 Å². The Bertz CT molecular complexity index is 813. The van der Waals surface area contributed by atoms with Crippen molar-refractivity contribution in [3.8, 4) is 11.8 Å². The number of esters is 1. The molecule has 0 fully saturated rings. The molecule has 0 radical (unpaired) electrons. The van der Waals surface area contributed by atoms with Gasteiger partial charge in [0.25, 0.3) is 5.91 Å². The highest BCUT2D eigenvalue weighted by molar-refractivity contribution is 5.95. The lowest BCUT2D eigenvalue weighted by molar-refractivity contribution is -0.119. The minimum atomic E-state index is -0.818. The highest BCUT2D eigenvalue weighted by atomic mass is 19.1. The van der Waals surface area contributed by atoms with E-state index in [1.165, 1.54) is 19.2 Å². The number of carbonyl (C=O) groups is 2. The minimum absolute atomic E-state index is 0.00846. The van der Waals surface area contributed by atoms with Gasteiger partial charge in [-0.15, -0.1) is 0 Å². The molecule has 2 rings (SSSR count). The second kappa shape index (κ2) is 8.45. The van der Waals surface area contributed by atoms with Crippen molar-refractivity contribution >= 4 is 17.6 Å². The highest BCUT2D eigenvalue weighted by Crippen LogP contribution is 2.18. The van der Waals surface area contributed by atoms with E-state index in [0.29, 0.717) is 5.69 Å². The molecular weight excluding hydrogens is 327 g/mol. The summed E-state index contributed by atoms with van der Waals surface area (Å²) in [4.78, 5) is 23.6. The maximum atomic E-state index is 13.6. The third-order valence-corrected chi connectivity index (χ3v) is 3.24. The molecule has 128 valence electrons. The van der Waals surface area contributed by atoms with Gasteiger partial charge in [-0.05, 0) is 35.9 Å². The SMILES string of the molecule is COc1ccc(C(=O)OCC(=O)Nc2ccc(CC#N)cc2)cc1F. The van der Waals surface area contributed by atoms with Gasteiger partial charge in [-0.25, -0.2) is 9.18 Å². The number of rotatable bonds is 6. The number of ether oxygens (including phenoxy) is 2. The Balaban J connectivity index is 1.87. The molecule has 25 heavy (non-hydrogen) atoms. The van der Waals surface area contributed by atoms with Gasteiger partial charge < -0.3 is 14.8 Å². The van der Waals surface area contributed by atoms with Crippen LogP contribution < -0.4 is 10.1 Å². The Kier molecular flexibility index (Phi) is 6.07. The zero-order valence-corrected chi connectivity index (χ0v) is 13.4. The summed E-state index contributed by atoms with van der Waals surface area (Å²) in [5.74, 6) is -2.04. The summed E-state index contributed by atoms with van der Waals surface area (Å²) in [6, 6.07) is 12.4. The molecule has 7 heteroatoms. The van der Waals surface area contributed by atoms with E-state index >= 15 is 0 Å². The molecule has 0 aliphatic rings. The highest BCUT2D eigenvalue weighted by Gasteiger charge is 2.13. The Morgan fingerprint density at radius 3 is 2.52 bits per heavy atom. The van der Waals surface area contributed by atoms with E-state index in [1.54, 1.807) is 24.3 Å². The summed E-state index contributed by atoms with van der Waals surface area (Å²) in [5.41, 5.74) is 1.32. The quantitative estimate of drug-likeness (QED) is 0.816. The average Bonchev–Trinajstić information content (AvgIpc) is 2.61. The van der Waals surface area contributed by atoms with Gasteiger partial charge in [0.1, 0.15) is 0 Å². The third-order valence-electron chi connectivity index (χ3n) is 3.24. The molecule has 0 spiro atoms. The van der Waals surface area contributed by atoms with Crippen LogP contribution in [0.1, 0.15) is 15.9 Å². The van der Waals surface area contributed by atoms with Crippen LogP contribution in [0.4, 0.5) is 10.1 Å². The zero-order valence-electron chi connectivity index (χ0n) is 13.4. The van der Waals surface area contributed by atoms with Crippen LogP contribution in [0.2, 0.25) is 0 Å². The molecule has 0 saturated heterocycles. The van der Waals surface area contributed by atoms with Gasteiger partial charge in [0, 0.05) is 5.69 Å². The normalized spacial score (nSPS) is 9.80. The number of methoxy groups -OCH3 is 1. The van der Waals surface area contributed by atoms with Crippen LogP contribution in [0, 0.1) is 17.1 Å². The number of halogens is 1. The summed E-state index contributed by atoms with van der Waals surface area (Å²) in [6.07, 6.45) is 0.282. The van der Waals surface area contributed by atoms with E-state index in [-0.39, 0.29) is 17.7 Å². The first-order valence-electron chi connectivity index (χ1n) is 7.30. The van der Waals surface area contributed by atoms with Crippen LogP contribution in [-0.2, 0) is 16.0 Å². The Morgan fingerprint density at radius 2 is 1.92 bits per heavy atom. The molecule has 1 amide bonds. The van der Waals surface area contributed by atoms with Crippen LogP contribution in [-0.4, -0.2) is 25.6 Å². The summed E-state index contributed by atoms with van der Waals surface area (Å²) >= 11 is 0. The molecule has 0 unspecified atom stereocenters. The number of carbonyl (C=O) groups excluding carboxylic acids is 2. The predicted molar refractivity (Wildman–Crippen MR) is 87.6 cm³/mol. The molecule has 0 saturated carbocycles. The van der Waals surface area contributed by atoms with Crippen molar-refractivity contribution in [1.29, 1.82) is 5.26 Å². The number of benzene rings is 2. The first-order chi connectivity index (χ1) is 12.0. The zero-order chi connectivity index (χ0) is 18.2. The number of nitriles is 1. The second-order valence-electron chi connectivity index (χ2n) is 5.01. The van der Waals surface area contributed by atoms with E-state index in [1.807, 2.05) is 6.07 Å². The lowest BCUT2D eigenvalue weighted by Gasteiger charge is -2.08. The van der Waals surface area contributed by atoms with Gasteiger partial charge in [-0.1, -0.05) is 12.1 Å². The summed E-state index contributed by atoms with van der Waals surface area (Å²) in [5, 5.41) is 11.2. The maximum Gasteiger partial charge on any atom is 0.338 e. The van der Waals surface area contributed by atoms with E-state index < -0.39 is 24.3 Å². The molecule has 0 heterocycles. The molecule has 2 aromatic rings. The monoisotopic (exact) mass is 342 g/mol. The number of hydrogen-bond donors (Lipinski definition) is 1. The first-order valence-corrected chi connectivity index (χ1v) is 7.30. The van der Waals surface area contributed by atoms with Gasteiger partial charge in [0.05, 0.1) is 25.2 Å². The van der Waals surface area contributed by atoms with Crippen LogP contribution in [0.15, 0.2) is 42.5 Å². The van der Waals surface area contributed by atoms with Gasteiger partial charge in [0.15, 0.2) is 18.2 Å². The molecule has 0 aromatic heterocycles. The van der Waals surface area contributed by atoms with Crippen LogP contribution in [0.3, 0.4) is 0 Å². The lowest BCUT2D eigenvalue weighted by Crippen LogP contribution is -2.21. The fraction of sp³-hybridized carbons (Fsp3) is 0.167. The van der Waals surface area contributed by atoms with Crippen molar-refractivity contribution in [1.82, 2.24) is 0 Å². The van der Waals surface area contributed by atoms with Crippen molar-refractivity contribution in [3.05, 3.63) is 59.4 Å². The fourth-order valence-electron chi connectivity index (χ4n) is 2.00. The van der Waals surface area contributed by atoms with E-state index in [2.05, 4.69) is 5.32 Å². The minimum Gasteiger partial charge on any atom is -0.494 e. The van der Waals surface area contributed by atoms with E-state index in [4.69, 9.17) is 14.7 Å². The van der Waals surface area contributed by atoms with E-state index in [0.717, 1.165) is 11.6 Å². The van der Waals surface area contributed by atoms with Crippen LogP contribution >= 0.6 is 0 Å². The average molecular weight is 342 g/mol. The predicted octanol–water partition coefficient (Wildman–Crippen LogP) is 2.70. The van der Waals surface area contributed by atoms with Gasteiger partial charge >= 0.3 is 5.97 Å². The van der Waals surface area contributed by atoms with Gasteiger partial charge in [-0.3, -0.25) is 4.79 Å². The third kappa shape index (κ3) is 5.04. The number of hydrogen-bond acceptors (Lipinski definition) is 5. The first kappa shape index (κ1) is 17.9. The smallest absolute Gasteiger partial charge is 0.338 e. The van der Waals surface area contributed by atoms with Crippen molar-refractivity contribution in [2.75, 3.05) is 19.0 Å². The molecule has 1 N–H and O–H groups in total. The summed E-state index contributed by atoms with van der Waals surface area (Å²) in [7, 11) is 1.31. The molecule has 0 aliphatic carbocycles. The number of nitrogens with zero attached hydrogens (tertiary/aromatic N) is 1. The van der Waals surface area contributed by atoms with Crippen molar-refractivity contribution < 1.29 is 23.5 Å². The molecule has 0 aliphatic heterocycles. The summed E-state index contributed by atoms with van der Waals surface area (Å²) in [6.45, 7) is -0.508. The maximum absolute atomic E-state index is 13.6. The van der Waals surface area contributed by atoms with Crippen molar-refractivity contribution in [3.63, 3.8) is 0 Å². The topological polar surface area (TPSA) is 88.4 Å². The molecular formula is C18H15FN2O4. The van der Waals surface area contributed by atoms with Crippen LogP contribution in [0.25, 0.3) is 0 Å².